The summed E-state index contributed by atoms with van der Waals surface area (Å²) in [7, 11) is 0. The van der Waals surface area contributed by atoms with Gasteiger partial charge in [-0.1, -0.05) is 5.16 Å². The summed E-state index contributed by atoms with van der Waals surface area (Å²) in [4.78, 5) is 4.21. The molecule has 6 heteroatoms. The highest BCUT2D eigenvalue weighted by molar-refractivity contribution is 4.92. The zero-order valence-corrected chi connectivity index (χ0v) is 9.26. The summed E-state index contributed by atoms with van der Waals surface area (Å²) in [6, 6.07) is 0. The van der Waals surface area contributed by atoms with Crippen molar-refractivity contribution in [1.29, 1.82) is 0 Å². The third-order valence-corrected chi connectivity index (χ3v) is 2.36. The smallest absolute Gasteiger partial charge is 0.226 e. The maximum Gasteiger partial charge on any atom is 0.226 e. The van der Waals surface area contributed by atoms with Gasteiger partial charge in [0.25, 0.3) is 0 Å². The van der Waals surface area contributed by atoms with Crippen LogP contribution in [-0.4, -0.2) is 41.2 Å². The summed E-state index contributed by atoms with van der Waals surface area (Å²) < 4.78 is 15.8. The Hall–Kier alpha value is -0.980. The predicted octanol–water partition coefficient (Wildman–Crippen LogP) is 0.471. The molecular weight excluding hydrogens is 212 g/mol. The van der Waals surface area contributed by atoms with E-state index in [2.05, 4.69) is 10.1 Å². The lowest BCUT2D eigenvalue weighted by Gasteiger charge is -2.19. The van der Waals surface area contributed by atoms with Gasteiger partial charge in [-0.05, 0) is 13.3 Å². The van der Waals surface area contributed by atoms with Gasteiger partial charge in [-0.3, -0.25) is 0 Å². The molecule has 2 atom stereocenters. The van der Waals surface area contributed by atoms with Crippen LogP contribution in [0.4, 0.5) is 0 Å². The number of aromatic nitrogens is 2. The van der Waals surface area contributed by atoms with E-state index in [4.69, 9.17) is 19.1 Å². The molecule has 1 saturated heterocycles. The molecule has 1 fully saturated rings. The predicted molar refractivity (Wildman–Crippen MR) is 53.8 cm³/mol. The largest absolute Gasteiger partial charge is 0.393 e. The molecule has 2 rings (SSSR count). The number of rotatable bonds is 4. The van der Waals surface area contributed by atoms with Crippen molar-refractivity contribution in [3.63, 3.8) is 0 Å². The fraction of sp³-hybridized carbons (Fsp3) is 0.800. The number of aliphatic hydroxyl groups is 1. The van der Waals surface area contributed by atoms with Crippen molar-refractivity contribution in [3.05, 3.63) is 11.7 Å². The summed E-state index contributed by atoms with van der Waals surface area (Å²) in [6.45, 7) is 3.37. The molecular formula is C10H16N2O4. The lowest BCUT2D eigenvalue weighted by molar-refractivity contribution is -0.0941. The Morgan fingerprint density at radius 1 is 1.50 bits per heavy atom. The fourth-order valence-electron chi connectivity index (χ4n) is 1.47. The molecule has 1 aliphatic rings. The number of nitrogens with zero attached hydrogens (tertiary/aromatic N) is 2. The van der Waals surface area contributed by atoms with Crippen molar-refractivity contribution in [2.45, 2.75) is 32.0 Å². The second-order valence-corrected chi connectivity index (χ2v) is 3.87. The summed E-state index contributed by atoms with van der Waals surface area (Å²) >= 11 is 0. The first-order chi connectivity index (χ1) is 7.75. The van der Waals surface area contributed by atoms with Gasteiger partial charge < -0.3 is 19.1 Å². The van der Waals surface area contributed by atoms with E-state index in [1.807, 2.05) is 0 Å². The lowest BCUT2D eigenvalue weighted by atomic mass is 10.2. The third-order valence-electron chi connectivity index (χ3n) is 2.36. The SMILES string of the molecule is CC(O)CCc1nc(C2COCCO2)no1. The topological polar surface area (TPSA) is 77.6 Å². The molecule has 0 radical (unpaired) electrons. The molecule has 6 nitrogen and oxygen atoms in total. The van der Waals surface area contributed by atoms with Crippen LogP contribution in [-0.2, 0) is 15.9 Å². The summed E-state index contributed by atoms with van der Waals surface area (Å²) in [5, 5.41) is 13.0. The average molecular weight is 228 g/mol. The molecule has 1 aliphatic heterocycles. The van der Waals surface area contributed by atoms with Gasteiger partial charge in [0.1, 0.15) is 6.10 Å². The summed E-state index contributed by atoms with van der Waals surface area (Å²) in [5.41, 5.74) is 0. The fourth-order valence-corrected chi connectivity index (χ4v) is 1.47. The van der Waals surface area contributed by atoms with Gasteiger partial charge in [-0.25, -0.2) is 0 Å². The molecule has 1 N–H and O–H groups in total. The van der Waals surface area contributed by atoms with Crippen LogP contribution in [0.5, 0.6) is 0 Å². The first kappa shape index (κ1) is 11.5. The maximum absolute atomic E-state index is 9.13. The van der Waals surface area contributed by atoms with E-state index in [1.54, 1.807) is 6.92 Å². The second kappa shape index (κ2) is 5.38. The van der Waals surface area contributed by atoms with Crippen LogP contribution >= 0.6 is 0 Å². The highest BCUT2D eigenvalue weighted by atomic mass is 16.6. The minimum atomic E-state index is -0.357. The van der Waals surface area contributed by atoms with Crippen LogP contribution in [0, 0.1) is 0 Å². The van der Waals surface area contributed by atoms with Gasteiger partial charge in [0.15, 0.2) is 0 Å². The molecule has 1 aromatic rings. The normalized spacial score (nSPS) is 23.2. The van der Waals surface area contributed by atoms with Gasteiger partial charge in [0.05, 0.1) is 25.9 Å². The van der Waals surface area contributed by atoms with E-state index in [0.717, 1.165) is 0 Å². The Labute approximate surface area is 93.6 Å². The van der Waals surface area contributed by atoms with Crippen LogP contribution in [0.3, 0.4) is 0 Å². The van der Waals surface area contributed by atoms with Crippen LogP contribution in [0.15, 0.2) is 4.52 Å². The average Bonchev–Trinajstić information content (AvgIpc) is 2.76. The van der Waals surface area contributed by atoms with Gasteiger partial charge >= 0.3 is 0 Å². The minimum absolute atomic E-state index is 0.224. The summed E-state index contributed by atoms with van der Waals surface area (Å²) in [6.07, 6.45) is 0.615. The molecule has 0 aromatic carbocycles. The van der Waals surface area contributed by atoms with Gasteiger partial charge in [0, 0.05) is 6.42 Å². The molecule has 90 valence electrons. The van der Waals surface area contributed by atoms with E-state index in [1.165, 1.54) is 0 Å². The van der Waals surface area contributed by atoms with Crippen molar-refractivity contribution in [1.82, 2.24) is 10.1 Å². The minimum Gasteiger partial charge on any atom is -0.393 e. The Balaban J connectivity index is 1.90. The van der Waals surface area contributed by atoms with E-state index in [0.29, 0.717) is 44.4 Å². The molecule has 0 saturated carbocycles. The molecule has 0 amide bonds. The lowest BCUT2D eigenvalue weighted by Crippen LogP contribution is -2.22. The Morgan fingerprint density at radius 3 is 3.06 bits per heavy atom. The van der Waals surface area contributed by atoms with Crippen molar-refractivity contribution in [2.75, 3.05) is 19.8 Å². The molecule has 2 unspecified atom stereocenters. The first-order valence-corrected chi connectivity index (χ1v) is 5.45. The second-order valence-electron chi connectivity index (χ2n) is 3.87. The molecule has 0 spiro atoms. The van der Waals surface area contributed by atoms with Gasteiger partial charge in [-0.2, -0.15) is 4.98 Å². The van der Waals surface area contributed by atoms with E-state index in [-0.39, 0.29) is 12.2 Å². The maximum atomic E-state index is 9.13. The number of ether oxygens (including phenoxy) is 2. The van der Waals surface area contributed by atoms with Gasteiger partial charge in [-0.15, -0.1) is 0 Å². The number of aryl methyl sites for hydroxylation is 1. The Morgan fingerprint density at radius 2 is 2.38 bits per heavy atom. The molecule has 1 aromatic heterocycles. The van der Waals surface area contributed by atoms with E-state index < -0.39 is 0 Å². The van der Waals surface area contributed by atoms with Crippen LogP contribution < -0.4 is 0 Å². The quantitative estimate of drug-likeness (QED) is 0.807. The first-order valence-electron chi connectivity index (χ1n) is 5.45. The standard InChI is InChI=1S/C10H16N2O4/c1-7(13)2-3-9-11-10(12-16-9)8-6-14-4-5-15-8/h7-8,13H,2-6H2,1H3. The molecule has 2 heterocycles. The molecule has 16 heavy (non-hydrogen) atoms. The number of hydrogen-bond donors (Lipinski definition) is 1. The third kappa shape index (κ3) is 3.01. The van der Waals surface area contributed by atoms with Crippen molar-refractivity contribution >= 4 is 0 Å². The molecule has 0 bridgehead atoms. The van der Waals surface area contributed by atoms with Crippen LogP contribution in [0.25, 0.3) is 0 Å². The number of hydrogen-bond acceptors (Lipinski definition) is 6. The van der Waals surface area contributed by atoms with Gasteiger partial charge in [0.2, 0.25) is 11.7 Å². The highest BCUT2D eigenvalue weighted by Gasteiger charge is 2.22. The van der Waals surface area contributed by atoms with E-state index >= 15 is 0 Å². The van der Waals surface area contributed by atoms with Crippen LogP contribution in [0.1, 0.15) is 31.2 Å². The van der Waals surface area contributed by atoms with Crippen LogP contribution in [0.2, 0.25) is 0 Å². The zero-order valence-electron chi connectivity index (χ0n) is 9.26. The highest BCUT2D eigenvalue weighted by Crippen LogP contribution is 2.18. The van der Waals surface area contributed by atoms with Crippen molar-refractivity contribution < 1.29 is 19.1 Å². The van der Waals surface area contributed by atoms with Crippen molar-refractivity contribution in [2.24, 2.45) is 0 Å². The number of aliphatic hydroxyl groups excluding tert-OH is 1. The zero-order chi connectivity index (χ0) is 11.4. The van der Waals surface area contributed by atoms with Crippen molar-refractivity contribution in [3.8, 4) is 0 Å². The molecule has 0 aliphatic carbocycles. The Kier molecular flexibility index (Phi) is 3.87. The summed E-state index contributed by atoms with van der Waals surface area (Å²) in [5.74, 6) is 1.06. The Bertz CT molecular complexity index is 320. The monoisotopic (exact) mass is 228 g/mol. The van der Waals surface area contributed by atoms with E-state index in [9.17, 15) is 0 Å².